The molecule has 4 rings (SSSR count). The van der Waals surface area contributed by atoms with Crippen LogP contribution in [0.3, 0.4) is 0 Å². The Labute approximate surface area is 146 Å². The number of quaternary nitrogens is 1. The zero-order valence-electron chi connectivity index (χ0n) is 15.2. The Balaban J connectivity index is 1.94. The van der Waals surface area contributed by atoms with Gasteiger partial charge in [0.2, 0.25) is 0 Å². The Morgan fingerprint density at radius 2 is 1.33 bits per heavy atom. The van der Waals surface area contributed by atoms with E-state index in [1.165, 1.54) is 35.2 Å². The van der Waals surface area contributed by atoms with Crippen molar-refractivity contribution < 1.29 is 4.48 Å². The summed E-state index contributed by atoms with van der Waals surface area (Å²) in [5.41, 5.74) is 7.72. The molecule has 0 atom stereocenters. The molecule has 0 bridgehead atoms. The maximum absolute atomic E-state index is 2.53. The smallest absolute Gasteiger partial charge is 0.0972 e. The third kappa shape index (κ3) is 2.43. The molecule has 0 aromatic heterocycles. The first kappa shape index (κ1) is 15.7. The summed E-state index contributed by atoms with van der Waals surface area (Å²) in [6.07, 6.45) is 6.02. The Kier molecular flexibility index (Phi) is 3.65. The van der Waals surface area contributed by atoms with E-state index >= 15 is 0 Å². The summed E-state index contributed by atoms with van der Waals surface area (Å²) >= 11 is 0. The summed E-state index contributed by atoms with van der Waals surface area (Å²) in [4.78, 5) is 0. The second kappa shape index (κ2) is 5.60. The lowest BCUT2D eigenvalue weighted by molar-refractivity contribution is -0.886. The van der Waals surface area contributed by atoms with Crippen molar-refractivity contribution in [3.05, 3.63) is 82.4 Å². The quantitative estimate of drug-likeness (QED) is 0.536. The lowest BCUT2D eigenvalue weighted by Crippen LogP contribution is -2.45. The summed E-state index contributed by atoms with van der Waals surface area (Å²) in [5.74, 6) is 0. The Morgan fingerprint density at radius 3 is 1.83 bits per heavy atom. The highest BCUT2D eigenvalue weighted by molar-refractivity contribution is 5.55. The van der Waals surface area contributed by atoms with E-state index in [9.17, 15) is 0 Å². The second-order valence-corrected chi connectivity index (χ2v) is 8.26. The number of likely N-dealkylation sites (N-methyl/N-ethyl adjacent to an activating group) is 1. The zero-order valence-corrected chi connectivity index (χ0v) is 15.2. The molecule has 0 saturated carbocycles. The van der Waals surface area contributed by atoms with Crippen molar-refractivity contribution in [3.63, 3.8) is 0 Å². The van der Waals surface area contributed by atoms with Gasteiger partial charge in [-0.05, 0) is 53.7 Å². The van der Waals surface area contributed by atoms with Crippen LogP contribution in [-0.4, -0.2) is 31.7 Å². The van der Waals surface area contributed by atoms with Gasteiger partial charge in [0.15, 0.2) is 0 Å². The molecular formula is C23H28N+. The molecule has 1 nitrogen and oxygen atoms in total. The Hall–Kier alpha value is -1.86. The molecule has 24 heavy (non-hydrogen) atoms. The highest BCUT2D eigenvalue weighted by Gasteiger charge is 2.39. The monoisotopic (exact) mass is 318 g/mol. The molecule has 0 N–H and O–H groups in total. The van der Waals surface area contributed by atoms with Crippen LogP contribution >= 0.6 is 0 Å². The van der Waals surface area contributed by atoms with Crippen LogP contribution in [0.4, 0.5) is 0 Å². The van der Waals surface area contributed by atoms with Gasteiger partial charge in [0.1, 0.15) is 0 Å². The number of fused-ring (bicyclic) bond motifs is 2. The molecule has 0 unspecified atom stereocenters. The van der Waals surface area contributed by atoms with Gasteiger partial charge < -0.3 is 4.48 Å². The number of benzene rings is 2. The van der Waals surface area contributed by atoms with Gasteiger partial charge in [-0.15, -0.1) is 0 Å². The van der Waals surface area contributed by atoms with Crippen LogP contribution < -0.4 is 0 Å². The molecule has 0 saturated heterocycles. The van der Waals surface area contributed by atoms with E-state index in [0.717, 1.165) is 23.9 Å². The highest BCUT2D eigenvalue weighted by atomic mass is 15.3. The first-order valence-corrected chi connectivity index (χ1v) is 9.19. The van der Waals surface area contributed by atoms with E-state index in [1.54, 1.807) is 5.57 Å². The molecule has 2 aliphatic rings. The summed E-state index contributed by atoms with van der Waals surface area (Å²) in [5, 5.41) is 0. The average Bonchev–Trinajstić information content (AvgIpc) is 2.72. The minimum absolute atomic E-state index is 0.0180. The molecule has 124 valence electrons. The van der Waals surface area contributed by atoms with Gasteiger partial charge in [-0.2, -0.15) is 0 Å². The van der Waals surface area contributed by atoms with Gasteiger partial charge in [-0.1, -0.05) is 48.5 Å². The van der Waals surface area contributed by atoms with Crippen LogP contribution in [0.2, 0.25) is 0 Å². The predicted octanol–water partition coefficient (Wildman–Crippen LogP) is 4.50. The average molecular weight is 318 g/mol. The molecule has 1 aliphatic heterocycles. The van der Waals surface area contributed by atoms with E-state index in [0.29, 0.717) is 0 Å². The van der Waals surface area contributed by atoms with E-state index < -0.39 is 0 Å². The van der Waals surface area contributed by atoms with Crippen LogP contribution in [0.25, 0.3) is 0 Å². The van der Waals surface area contributed by atoms with Crippen LogP contribution in [0.15, 0.2) is 60.2 Å². The third-order valence-corrected chi connectivity index (χ3v) is 6.24. The first-order chi connectivity index (χ1) is 11.5. The molecule has 1 heterocycles. The SMILES string of the molecule is CC1(C2=CC[N+](C)(C)CC2)c2ccccc2CCc2ccccc21. The van der Waals surface area contributed by atoms with Crippen molar-refractivity contribution in [2.45, 2.75) is 31.6 Å². The molecule has 2 aromatic carbocycles. The normalized spacial score (nSPS) is 21.2. The van der Waals surface area contributed by atoms with Crippen LogP contribution in [0.5, 0.6) is 0 Å². The fourth-order valence-electron chi connectivity index (χ4n) is 4.64. The maximum atomic E-state index is 2.53. The minimum Gasteiger partial charge on any atom is -0.325 e. The molecule has 1 aliphatic carbocycles. The van der Waals surface area contributed by atoms with Crippen molar-refractivity contribution in [3.8, 4) is 0 Å². The van der Waals surface area contributed by atoms with Crippen LogP contribution in [0.1, 0.15) is 35.6 Å². The lowest BCUT2D eigenvalue weighted by Gasteiger charge is -2.41. The van der Waals surface area contributed by atoms with E-state index in [2.05, 4.69) is 75.6 Å². The van der Waals surface area contributed by atoms with Crippen molar-refractivity contribution in [2.24, 2.45) is 0 Å². The molecule has 2 aromatic rings. The topological polar surface area (TPSA) is 0 Å². The van der Waals surface area contributed by atoms with Crippen molar-refractivity contribution >= 4 is 0 Å². The van der Waals surface area contributed by atoms with Crippen molar-refractivity contribution in [2.75, 3.05) is 27.2 Å². The van der Waals surface area contributed by atoms with E-state index in [1.807, 2.05) is 0 Å². The number of aryl methyl sites for hydroxylation is 2. The van der Waals surface area contributed by atoms with Gasteiger partial charge in [0.05, 0.1) is 27.2 Å². The fraction of sp³-hybridized carbons (Fsp3) is 0.391. The molecule has 0 radical (unpaired) electrons. The molecule has 0 fully saturated rings. The maximum Gasteiger partial charge on any atom is 0.0972 e. The van der Waals surface area contributed by atoms with Crippen molar-refractivity contribution in [1.82, 2.24) is 0 Å². The molecular weight excluding hydrogens is 290 g/mol. The lowest BCUT2D eigenvalue weighted by atomic mass is 9.67. The Morgan fingerprint density at radius 1 is 0.792 bits per heavy atom. The molecule has 0 amide bonds. The number of hydrogen-bond acceptors (Lipinski definition) is 0. The fourth-order valence-corrected chi connectivity index (χ4v) is 4.64. The summed E-state index contributed by atoms with van der Waals surface area (Å²) in [6.45, 7) is 4.83. The number of rotatable bonds is 1. The standard InChI is InChI=1S/C23H28N/c1-23(20-14-16-24(2,3)17-15-20)21-10-6-4-8-18(21)12-13-19-9-5-7-11-22(19)23/h4-11,14H,12-13,15-17H2,1-3H3/q+1. The number of nitrogens with zero attached hydrogens (tertiary/aromatic N) is 1. The number of hydrogen-bond donors (Lipinski definition) is 0. The van der Waals surface area contributed by atoms with Gasteiger partial charge in [-0.25, -0.2) is 0 Å². The largest absolute Gasteiger partial charge is 0.325 e. The first-order valence-electron chi connectivity index (χ1n) is 9.19. The van der Waals surface area contributed by atoms with Gasteiger partial charge >= 0.3 is 0 Å². The zero-order chi connectivity index (χ0) is 16.8. The Bertz CT molecular complexity index is 750. The van der Waals surface area contributed by atoms with Crippen molar-refractivity contribution in [1.29, 1.82) is 0 Å². The minimum atomic E-state index is 0.0180. The highest BCUT2D eigenvalue weighted by Crippen LogP contribution is 2.46. The van der Waals surface area contributed by atoms with Crippen LogP contribution in [-0.2, 0) is 18.3 Å². The molecule has 0 spiro atoms. The van der Waals surface area contributed by atoms with Gasteiger partial charge in [0.25, 0.3) is 0 Å². The second-order valence-electron chi connectivity index (χ2n) is 8.26. The van der Waals surface area contributed by atoms with Gasteiger partial charge in [-0.3, -0.25) is 0 Å². The predicted molar refractivity (Wildman–Crippen MR) is 101 cm³/mol. The third-order valence-electron chi connectivity index (χ3n) is 6.24. The summed E-state index contributed by atoms with van der Waals surface area (Å²) in [6, 6.07) is 18.2. The summed E-state index contributed by atoms with van der Waals surface area (Å²) in [7, 11) is 4.68. The molecule has 1 heteroatoms. The van der Waals surface area contributed by atoms with E-state index in [-0.39, 0.29) is 5.41 Å². The summed E-state index contributed by atoms with van der Waals surface area (Å²) < 4.78 is 1.10. The van der Waals surface area contributed by atoms with E-state index in [4.69, 9.17) is 0 Å². The van der Waals surface area contributed by atoms with Gasteiger partial charge in [0, 0.05) is 11.8 Å². The van der Waals surface area contributed by atoms with Crippen LogP contribution in [0, 0.1) is 0 Å².